The molecule has 1 amide bonds. The van der Waals surface area contributed by atoms with E-state index in [9.17, 15) is 13.6 Å². The summed E-state index contributed by atoms with van der Waals surface area (Å²) in [5.41, 5.74) is 0.461. The lowest BCUT2D eigenvalue weighted by atomic mass is 10.1. The van der Waals surface area contributed by atoms with Crippen LogP contribution in [0.15, 0.2) is 42.5 Å². The normalized spacial score (nSPS) is 10.4. The number of hydrogen-bond donors (Lipinski definition) is 1. The van der Waals surface area contributed by atoms with Crippen LogP contribution in [0.25, 0.3) is 0 Å². The third-order valence-corrected chi connectivity index (χ3v) is 3.08. The van der Waals surface area contributed by atoms with E-state index in [1.165, 1.54) is 0 Å². The molecule has 23 heavy (non-hydrogen) atoms. The summed E-state index contributed by atoms with van der Waals surface area (Å²) in [6.07, 6.45) is 0. The van der Waals surface area contributed by atoms with Crippen molar-refractivity contribution >= 4 is 5.91 Å². The van der Waals surface area contributed by atoms with Gasteiger partial charge in [-0.3, -0.25) is 4.79 Å². The molecule has 0 aliphatic carbocycles. The molecular formula is C17H17F2NO3. The molecule has 4 nitrogen and oxygen atoms in total. The molecule has 0 aliphatic rings. The van der Waals surface area contributed by atoms with E-state index in [1.54, 1.807) is 31.4 Å². The van der Waals surface area contributed by atoms with Crippen LogP contribution in [-0.2, 0) is 11.3 Å². The molecule has 2 aromatic rings. The first kappa shape index (κ1) is 16.9. The van der Waals surface area contributed by atoms with Crippen LogP contribution in [0.1, 0.15) is 15.9 Å². The Hall–Kier alpha value is -2.47. The lowest BCUT2D eigenvalue weighted by molar-refractivity contribution is 0.0946. The first-order valence-electron chi connectivity index (χ1n) is 7.04. The van der Waals surface area contributed by atoms with Gasteiger partial charge in [-0.15, -0.1) is 0 Å². The van der Waals surface area contributed by atoms with Crippen LogP contribution in [-0.4, -0.2) is 26.2 Å². The number of ether oxygens (including phenoxy) is 2. The molecule has 1 N–H and O–H groups in total. The van der Waals surface area contributed by atoms with Crippen molar-refractivity contribution in [3.05, 3.63) is 65.2 Å². The van der Waals surface area contributed by atoms with E-state index in [0.29, 0.717) is 19.0 Å². The van der Waals surface area contributed by atoms with E-state index < -0.39 is 17.5 Å². The van der Waals surface area contributed by atoms with Gasteiger partial charge in [0.1, 0.15) is 24.0 Å². The number of carbonyl (C=O) groups is 1. The Morgan fingerprint density at radius 2 is 1.96 bits per heavy atom. The van der Waals surface area contributed by atoms with Crippen molar-refractivity contribution in [1.82, 2.24) is 5.32 Å². The Morgan fingerprint density at radius 3 is 2.74 bits per heavy atom. The maximum Gasteiger partial charge on any atom is 0.254 e. The molecule has 0 spiro atoms. The van der Waals surface area contributed by atoms with Crippen LogP contribution in [0.3, 0.4) is 0 Å². The molecule has 0 bridgehead atoms. The Kier molecular flexibility index (Phi) is 6.05. The van der Waals surface area contributed by atoms with Gasteiger partial charge >= 0.3 is 0 Å². The van der Waals surface area contributed by atoms with Crippen molar-refractivity contribution in [3.8, 4) is 5.75 Å². The Labute approximate surface area is 133 Å². The van der Waals surface area contributed by atoms with E-state index in [-0.39, 0.29) is 12.1 Å². The lowest BCUT2D eigenvalue weighted by Crippen LogP contribution is -2.24. The molecule has 0 radical (unpaired) electrons. The summed E-state index contributed by atoms with van der Waals surface area (Å²) in [5, 5.41) is 2.55. The van der Waals surface area contributed by atoms with Crippen molar-refractivity contribution in [2.75, 3.05) is 20.3 Å². The number of rotatable bonds is 7. The molecule has 0 saturated carbocycles. The number of benzene rings is 2. The number of amides is 1. The average molecular weight is 321 g/mol. The molecule has 0 fully saturated rings. The second kappa shape index (κ2) is 8.24. The third kappa shape index (κ3) is 5.03. The van der Waals surface area contributed by atoms with Crippen LogP contribution in [0.4, 0.5) is 8.78 Å². The van der Waals surface area contributed by atoms with Crippen molar-refractivity contribution in [2.45, 2.75) is 6.54 Å². The minimum atomic E-state index is -0.763. The first-order chi connectivity index (χ1) is 11.1. The minimum absolute atomic E-state index is 0.177. The van der Waals surface area contributed by atoms with Crippen LogP contribution >= 0.6 is 0 Å². The molecule has 0 saturated heterocycles. The summed E-state index contributed by atoms with van der Waals surface area (Å²) in [5.74, 6) is -1.45. The predicted molar refractivity (Wildman–Crippen MR) is 81.3 cm³/mol. The van der Waals surface area contributed by atoms with E-state index in [1.807, 2.05) is 0 Å². The quantitative estimate of drug-likeness (QED) is 0.798. The molecule has 0 unspecified atom stereocenters. The van der Waals surface area contributed by atoms with Gasteiger partial charge in [-0.2, -0.15) is 0 Å². The SMILES string of the molecule is COCCOc1cccc(CNC(=O)c2cc(F)ccc2F)c1. The maximum absolute atomic E-state index is 13.5. The summed E-state index contributed by atoms with van der Waals surface area (Å²) in [7, 11) is 1.58. The monoisotopic (exact) mass is 321 g/mol. The maximum atomic E-state index is 13.5. The standard InChI is InChI=1S/C17H17F2NO3/c1-22-7-8-23-14-4-2-3-12(9-14)11-20-17(21)15-10-13(18)5-6-16(15)19/h2-6,9-10H,7-8,11H2,1H3,(H,20,21). The summed E-state index contributed by atoms with van der Waals surface area (Å²) < 4.78 is 37.0. The highest BCUT2D eigenvalue weighted by molar-refractivity contribution is 5.94. The van der Waals surface area contributed by atoms with Crippen molar-refractivity contribution in [1.29, 1.82) is 0 Å². The van der Waals surface area contributed by atoms with Crippen LogP contribution in [0, 0.1) is 11.6 Å². The van der Waals surface area contributed by atoms with Crippen molar-refractivity contribution in [3.63, 3.8) is 0 Å². The van der Waals surface area contributed by atoms with Gasteiger partial charge < -0.3 is 14.8 Å². The summed E-state index contributed by atoms with van der Waals surface area (Å²) in [6, 6.07) is 9.89. The average Bonchev–Trinajstić information content (AvgIpc) is 2.55. The van der Waals surface area contributed by atoms with Gasteiger partial charge in [0.25, 0.3) is 5.91 Å². The van der Waals surface area contributed by atoms with E-state index >= 15 is 0 Å². The first-order valence-corrected chi connectivity index (χ1v) is 7.04. The van der Waals surface area contributed by atoms with Gasteiger partial charge in [0.2, 0.25) is 0 Å². The van der Waals surface area contributed by atoms with Crippen LogP contribution in [0.5, 0.6) is 5.75 Å². The van der Waals surface area contributed by atoms with Gasteiger partial charge in [0.15, 0.2) is 0 Å². The second-order valence-electron chi connectivity index (χ2n) is 4.80. The molecule has 122 valence electrons. The molecule has 0 aliphatic heterocycles. The Balaban J connectivity index is 1.96. The molecule has 6 heteroatoms. The fraction of sp³-hybridized carbons (Fsp3) is 0.235. The number of methoxy groups -OCH3 is 1. The molecular weight excluding hydrogens is 304 g/mol. The Morgan fingerprint density at radius 1 is 1.13 bits per heavy atom. The predicted octanol–water partition coefficient (Wildman–Crippen LogP) is 2.92. The zero-order valence-corrected chi connectivity index (χ0v) is 12.6. The lowest BCUT2D eigenvalue weighted by Gasteiger charge is -2.09. The van der Waals surface area contributed by atoms with Gasteiger partial charge in [0.05, 0.1) is 12.2 Å². The van der Waals surface area contributed by atoms with Crippen LogP contribution < -0.4 is 10.1 Å². The van der Waals surface area contributed by atoms with E-state index in [4.69, 9.17) is 9.47 Å². The van der Waals surface area contributed by atoms with Gasteiger partial charge in [0, 0.05) is 13.7 Å². The Bertz CT molecular complexity index is 677. The number of carbonyl (C=O) groups excluding carboxylic acids is 1. The third-order valence-electron chi connectivity index (χ3n) is 3.08. The van der Waals surface area contributed by atoms with Crippen molar-refractivity contribution in [2.24, 2.45) is 0 Å². The second-order valence-corrected chi connectivity index (χ2v) is 4.80. The van der Waals surface area contributed by atoms with E-state index in [0.717, 1.165) is 23.8 Å². The molecule has 0 heterocycles. The minimum Gasteiger partial charge on any atom is -0.491 e. The molecule has 2 aromatic carbocycles. The number of nitrogens with one attached hydrogen (secondary N) is 1. The smallest absolute Gasteiger partial charge is 0.254 e. The molecule has 2 rings (SSSR count). The topological polar surface area (TPSA) is 47.6 Å². The highest BCUT2D eigenvalue weighted by atomic mass is 19.1. The summed E-state index contributed by atoms with van der Waals surface area (Å²) in [6.45, 7) is 1.07. The summed E-state index contributed by atoms with van der Waals surface area (Å²) >= 11 is 0. The van der Waals surface area contributed by atoms with Crippen LogP contribution in [0.2, 0.25) is 0 Å². The highest BCUT2D eigenvalue weighted by Gasteiger charge is 2.12. The molecule has 0 atom stereocenters. The fourth-order valence-corrected chi connectivity index (χ4v) is 1.94. The number of halogens is 2. The van der Waals surface area contributed by atoms with Gasteiger partial charge in [-0.1, -0.05) is 12.1 Å². The highest BCUT2D eigenvalue weighted by Crippen LogP contribution is 2.14. The van der Waals surface area contributed by atoms with Crippen molar-refractivity contribution < 1.29 is 23.0 Å². The van der Waals surface area contributed by atoms with Gasteiger partial charge in [-0.05, 0) is 35.9 Å². The van der Waals surface area contributed by atoms with E-state index in [2.05, 4.69) is 5.32 Å². The van der Waals surface area contributed by atoms with Gasteiger partial charge in [-0.25, -0.2) is 8.78 Å². The zero-order valence-electron chi connectivity index (χ0n) is 12.6. The molecule has 0 aromatic heterocycles. The largest absolute Gasteiger partial charge is 0.491 e. The summed E-state index contributed by atoms with van der Waals surface area (Å²) in [4.78, 5) is 11.9. The zero-order chi connectivity index (χ0) is 16.7. The number of hydrogen-bond acceptors (Lipinski definition) is 3. The fourth-order valence-electron chi connectivity index (χ4n) is 1.94.